The lowest BCUT2D eigenvalue weighted by molar-refractivity contribution is 0.669. The average molecular weight is 575 g/mol. The van der Waals surface area contributed by atoms with Crippen molar-refractivity contribution in [2.75, 3.05) is 0 Å². The van der Waals surface area contributed by atoms with Crippen molar-refractivity contribution >= 4 is 65.6 Å². The van der Waals surface area contributed by atoms with Crippen molar-refractivity contribution in [1.29, 1.82) is 0 Å². The van der Waals surface area contributed by atoms with Gasteiger partial charge in [0.25, 0.3) is 0 Å². The van der Waals surface area contributed by atoms with Gasteiger partial charge >= 0.3 is 0 Å². The number of hydrogen-bond donors (Lipinski definition) is 0. The highest BCUT2D eigenvalue weighted by atomic mass is 16.3. The van der Waals surface area contributed by atoms with E-state index in [1.165, 1.54) is 60.4 Å². The topological polar surface area (TPSA) is 23.0 Å². The van der Waals surface area contributed by atoms with Gasteiger partial charge in [0, 0.05) is 43.7 Å². The van der Waals surface area contributed by atoms with Crippen molar-refractivity contribution in [3.63, 3.8) is 0 Å². The first-order valence-corrected chi connectivity index (χ1v) is 15.4. The van der Waals surface area contributed by atoms with Crippen LogP contribution in [0.5, 0.6) is 0 Å². The average Bonchev–Trinajstić information content (AvgIpc) is 3.75. The van der Waals surface area contributed by atoms with E-state index < -0.39 is 0 Å². The van der Waals surface area contributed by atoms with E-state index in [1.54, 1.807) is 0 Å². The van der Waals surface area contributed by atoms with Crippen LogP contribution in [0.3, 0.4) is 0 Å². The smallest absolute Gasteiger partial charge is 0.135 e. The van der Waals surface area contributed by atoms with Gasteiger partial charge in [-0.05, 0) is 83.9 Å². The van der Waals surface area contributed by atoms with E-state index in [9.17, 15) is 0 Å². The Bertz CT molecular complexity index is 2760. The monoisotopic (exact) mass is 574 g/mol. The Hall–Kier alpha value is -6.06. The number of hydrogen-bond acceptors (Lipinski definition) is 1. The van der Waals surface area contributed by atoms with Gasteiger partial charge in [0.05, 0.1) is 22.1 Å². The first-order valence-electron chi connectivity index (χ1n) is 15.4. The molecule has 0 radical (unpaired) electrons. The van der Waals surface area contributed by atoms with Crippen molar-refractivity contribution in [2.45, 2.75) is 0 Å². The second-order valence-electron chi connectivity index (χ2n) is 11.8. The summed E-state index contributed by atoms with van der Waals surface area (Å²) in [5, 5.41) is 7.28. The number of rotatable bonds is 3. The zero-order valence-corrected chi connectivity index (χ0v) is 24.3. The second-order valence-corrected chi connectivity index (χ2v) is 11.8. The Labute approximate surface area is 258 Å². The fourth-order valence-corrected chi connectivity index (χ4v) is 7.29. The molecule has 10 rings (SSSR count). The van der Waals surface area contributed by atoms with Crippen LogP contribution in [0.4, 0.5) is 0 Å². The first kappa shape index (κ1) is 24.4. The molecule has 3 heteroatoms. The van der Waals surface area contributed by atoms with Crippen LogP contribution in [-0.2, 0) is 0 Å². The molecule has 3 heterocycles. The fourth-order valence-electron chi connectivity index (χ4n) is 7.29. The predicted molar refractivity (Wildman–Crippen MR) is 188 cm³/mol. The van der Waals surface area contributed by atoms with Crippen LogP contribution in [0.1, 0.15) is 0 Å². The van der Waals surface area contributed by atoms with E-state index in [0.717, 1.165) is 27.6 Å². The molecular weight excluding hydrogens is 548 g/mol. The molecule has 0 bridgehead atoms. The summed E-state index contributed by atoms with van der Waals surface area (Å²) in [5.41, 5.74) is 11.4. The van der Waals surface area contributed by atoms with Crippen molar-refractivity contribution in [3.8, 4) is 22.5 Å². The van der Waals surface area contributed by atoms with Crippen LogP contribution in [-0.4, -0.2) is 9.13 Å². The molecule has 3 nitrogen and oxygen atoms in total. The Kier molecular flexibility index (Phi) is 5.00. The molecule has 0 aliphatic rings. The van der Waals surface area contributed by atoms with Gasteiger partial charge in [-0.2, -0.15) is 0 Å². The summed E-state index contributed by atoms with van der Waals surface area (Å²) in [6, 6.07) is 56.6. The summed E-state index contributed by atoms with van der Waals surface area (Å²) >= 11 is 0. The van der Waals surface area contributed by atoms with Gasteiger partial charge in [0.2, 0.25) is 0 Å². The zero-order valence-electron chi connectivity index (χ0n) is 24.3. The summed E-state index contributed by atoms with van der Waals surface area (Å²) in [4.78, 5) is 0. The largest absolute Gasteiger partial charge is 0.456 e. The number of para-hydroxylation sites is 4. The molecule has 0 unspecified atom stereocenters. The molecule has 0 saturated heterocycles. The van der Waals surface area contributed by atoms with Gasteiger partial charge in [-0.1, -0.05) is 84.9 Å². The van der Waals surface area contributed by atoms with Gasteiger partial charge < -0.3 is 13.6 Å². The van der Waals surface area contributed by atoms with E-state index in [4.69, 9.17) is 4.42 Å². The van der Waals surface area contributed by atoms with Crippen molar-refractivity contribution < 1.29 is 4.42 Å². The van der Waals surface area contributed by atoms with E-state index >= 15 is 0 Å². The summed E-state index contributed by atoms with van der Waals surface area (Å²) < 4.78 is 10.9. The maximum absolute atomic E-state index is 6.14. The molecule has 0 aliphatic carbocycles. The number of aromatic nitrogens is 2. The molecular formula is C42H26N2O. The van der Waals surface area contributed by atoms with E-state index in [0.29, 0.717) is 0 Å². The van der Waals surface area contributed by atoms with E-state index in [1.807, 2.05) is 12.1 Å². The summed E-state index contributed by atoms with van der Waals surface area (Å²) in [6.07, 6.45) is 0. The van der Waals surface area contributed by atoms with Crippen molar-refractivity contribution in [1.82, 2.24) is 9.13 Å². The quantitative estimate of drug-likeness (QED) is 0.206. The number of benzene rings is 7. The molecule has 0 fully saturated rings. The van der Waals surface area contributed by atoms with E-state index in [2.05, 4.69) is 155 Å². The maximum atomic E-state index is 6.14. The Morgan fingerprint density at radius 1 is 0.311 bits per heavy atom. The lowest BCUT2D eigenvalue weighted by Gasteiger charge is -2.09. The Morgan fingerprint density at radius 2 is 0.822 bits per heavy atom. The SMILES string of the molecule is c1ccc(-n2c3ccccc3c3cc(-c4ccc5c(c4)c4ccccc4n5-c4ccc5oc6ccccc6c5c4)ccc32)cc1. The molecule has 210 valence electrons. The number of nitrogens with zero attached hydrogens (tertiary/aromatic N) is 2. The van der Waals surface area contributed by atoms with Crippen LogP contribution in [0.15, 0.2) is 162 Å². The minimum atomic E-state index is 0.909. The van der Waals surface area contributed by atoms with Crippen LogP contribution in [0.25, 0.3) is 88.1 Å². The van der Waals surface area contributed by atoms with Gasteiger partial charge in [-0.15, -0.1) is 0 Å². The molecule has 45 heavy (non-hydrogen) atoms. The summed E-state index contributed by atoms with van der Waals surface area (Å²) in [5.74, 6) is 0. The summed E-state index contributed by atoms with van der Waals surface area (Å²) in [6.45, 7) is 0. The van der Waals surface area contributed by atoms with Gasteiger partial charge in [0.1, 0.15) is 11.2 Å². The standard InChI is InChI=1S/C42H26N2O/c1-2-10-29(11-3-1)43-37-15-7-4-12-31(37)34-24-27(18-21-39(34)43)28-19-22-40-35(25-28)32-13-5-8-16-38(32)44(40)30-20-23-42-36(26-30)33-14-6-9-17-41(33)45-42/h1-26H. The minimum absolute atomic E-state index is 0.909. The van der Waals surface area contributed by atoms with Gasteiger partial charge in [-0.25, -0.2) is 0 Å². The third-order valence-corrected chi connectivity index (χ3v) is 9.31. The number of fused-ring (bicyclic) bond motifs is 9. The lowest BCUT2D eigenvalue weighted by atomic mass is 10.0. The lowest BCUT2D eigenvalue weighted by Crippen LogP contribution is -1.93. The van der Waals surface area contributed by atoms with Crippen LogP contribution in [0, 0.1) is 0 Å². The highest BCUT2D eigenvalue weighted by molar-refractivity contribution is 6.13. The molecule has 0 spiro atoms. The molecule has 0 aliphatic heterocycles. The number of furan rings is 1. The molecule has 3 aromatic heterocycles. The van der Waals surface area contributed by atoms with Crippen LogP contribution in [0.2, 0.25) is 0 Å². The third-order valence-electron chi connectivity index (χ3n) is 9.31. The Morgan fingerprint density at radius 3 is 1.49 bits per heavy atom. The first-order chi connectivity index (χ1) is 22.3. The maximum Gasteiger partial charge on any atom is 0.135 e. The second kappa shape index (κ2) is 9.22. The molecule has 7 aromatic carbocycles. The van der Waals surface area contributed by atoms with Crippen molar-refractivity contribution in [2.24, 2.45) is 0 Å². The van der Waals surface area contributed by atoms with Crippen LogP contribution >= 0.6 is 0 Å². The summed E-state index contributed by atoms with van der Waals surface area (Å²) in [7, 11) is 0. The molecule has 0 atom stereocenters. The molecule has 10 aromatic rings. The normalized spacial score (nSPS) is 12.0. The Balaban J connectivity index is 1.18. The molecule has 0 saturated carbocycles. The minimum Gasteiger partial charge on any atom is -0.456 e. The van der Waals surface area contributed by atoms with E-state index in [-0.39, 0.29) is 0 Å². The van der Waals surface area contributed by atoms with Crippen molar-refractivity contribution in [3.05, 3.63) is 158 Å². The van der Waals surface area contributed by atoms with Gasteiger partial charge in [0.15, 0.2) is 0 Å². The molecule has 0 amide bonds. The van der Waals surface area contributed by atoms with Gasteiger partial charge in [-0.3, -0.25) is 0 Å². The fraction of sp³-hybridized carbons (Fsp3) is 0. The molecule has 0 N–H and O–H groups in total. The third kappa shape index (κ3) is 3.52. The van der Waals surface area contributed by atoms with Crippen LogP contribution < -0.4 is 0 Å². The highest BCUT2D eigenvalue weighted by Gasteiger charge is 2.17. The zero-order chi connectivity index (χ0) is 29.5. The predicted octanol–water partition coefficient (Wildman–Crippen LogP) is 11.4. The highest BCUT2D eigenvalue weighted by Crippen LogP contribution is 2.39.